The first-order chi connectivity index (χ1) is 2.77. The molecule has 0 aromatic rings. The fourth-order valence-electron chi connectivity index (χ4n) is 0.214. The Labute approximate surface area is 36.8 Å². The molecule has 1 N–H and O–H groups in total. The van der Waals surface area contributed by atoms with Crippen LogP contribution >= 0.6 is 0 Å². The molecule has 2 nitrogen and oxygen atoms in total. The van der Waals surface area contributed by atoms with Crippen LogP contribution in [0.4, 0.5) is 0 Å². The summed E-state index contributed by atoms with van der Waals surface area (Å²) < 4.78 is 0. The molecule has 0 aliphatic heterocycles. The first kappa shape index (κ1) is 5.47. The minimum atomic E-state index is -0.711. The van der Waals surface area contributed by atoms with Gasteiger partial charge in [-0.2, -0.15) is 0 Å². The molecule has 0 rings (SSSR count). The van der Waals surface area contributed by atoms with E-state index >= 15 is 0 Å². The van der Waals surface area contributed by atoms with E-state index in [1.165, 1.54) is 0 Å². The summed E-state index contributed by atoms with van der Waals surface area (Å²) >= 11 is 0. The van der Waals surface area contributed by atoms with Gasteiger partial charge in [-0.1, -0.05) is 6.92 Å². The van der Waals surface area contributed by atoms with Gasteiger partial charge in [0, 0.05) is 6.42 Å². The van der Waals surface area contributed by atoms with Crippen molar-refractivity contribution in [2.24, 2.45) is 0 Å². The van der Waals surface area contributed by atoms with Crippen LogP contribution in [0.15, 0.2) is 0 Å². The lowest BCUT2D eigenvalue weighted by atomic mass is 10.5. The second-order valence-electron chi connectivity index (χ2n) is 1.14. The third kappa shape index (κ3) is 3.47. The molecular weight excluding hydrogens is 81.0 g/mol. The number of hydrogen-bond acceptors (Lipinski definition) is 1. The van der Waals surface area contributed by atoms with Crippen LogP contribution in [0.1, 0.15) is 19.8 Å². The molecule has 0 heterocycles. The number of aliphatic carboxylic acids is 1. The Kier molecular flexibility index (Phi) is 2.46. The van der Waals surface area contributed by atoms with Gasteiger partial charge >= 0.3 is 5.97 Å². The van der Waals surface area contributed by atoms with Gasteiger partial charge in [0.1, 0.15) is 0 Å². The standard InChI is InChI=1S/C4H8O2/c1-2-3-4(5)6/h2-3H2,1H3,(H,5,6)/i4+1. The SMILES string of the molecule is CCC[13C](=O)O. The molecule has 0 aromatic heterocycles. The molecule has 0 bridgehead atoms. The summed E-state index contributed by atoms with van der Waals surface area (Å²) in [5, 5.41) is 7.91. The van der Waals surface area contributed by atoms with Crippen molar-refractivity contribution in [2.45, 2.75) is 19.8 Å². The number of hydrogen-bond donors (Lipinski definition) is 1. The third-order valence-electron chi connectivity index (χ3n) is 0.464. The van der Waals surface area contributed by atoms with E-state index in [-0.39, 0.29) is 0 Å². The maximum Gasteiger partial charge on any atom is 0.303 e. The molecule has 0 fully saturated rings. The lowest BCUT2D eigenvalue weighted by Gasteiger charge is -1.79. The van der Waals surface area contributed by atoms with E-state index in [2.05, 4.69) is 0 Å². The average molecular weight is 89.1 g/mol. The molecule has 0 radical (unpaired) electrons. The van der Waals surface area contributed by atoms with Crippen LogP contribution < -0.4 is 0 Å². The van der Waals surface area contributed by atoms with Crippen LogP contribution in [0.2, 0.25) is 0 Å². The summed E-state index contributed by atoms with van der Waals surface area (Å²) in [7, 11) is 0. The third-order valence-corrected chi connectivity index (χ3v) is 0.464. The van der Waals surface area contributed by atoms with Gasteiger partial charge in [0.2, 0.25) is 0 Å². The predicted molar refractivity (Wildman–Crippen MR) is 22.5 cm³/mol. The Balaban J connectivity index is 2.83. The summed E-state index contributed by atoms with van der Waals surface area (Å²) in [6, 6.07) is 0. The van der Waals surface area contributed by atoms with E-state index in [0.29, 0.717) is 6.42 Å². The number of carboxylic acid groups (broad SMARTS) is 1. The molecule has 0 aromatic carbocycles. The normalized spacial score (nSPS) is 8.17. The lowest BCUT2D eigenvalue weighted by Crippen LogP contribution is -1.90. The van der Waals surface area contributed by atoms with Crippen LogP contribution in [0, 0.1) is 0 Å². The van der Waals surface area contributed by atoms with Gasteiger partial charge in [0.05, 0.1) is 0 Å². The van der Waals surface area contributed by atoms with Gasteiger partial charge < -0.3 is 5.11 Å². The number of rotatable bonds is 2. The van der Waals surface area contributed by atoms with E-state index in [9.17, 15) is 4.79 Å². The number of carbonyl (C=O) groups is 1. The maximum atomic E-state index is 9.60. The fraction of sp³-hybridized carbons (Fsp3) is 0.750. The molecule has 2 heteroatoms. The zero-order valence-corrected chi connectivity index (χ0v) is 3.77. The summed E-state index contributed by atoms with van der Waals surface area (Å²) in [6.45, 7) is 1.84. The minimum Gasteiger partial charge on any atom is -0.481 e. The highest BCUT2D eigenvalue weighted by molar-refractivity contribution is 5.66. The Morgan fingerprint density at radius 2 is 2.33 bits per heavy atom. The highest BCUT2D eigenvalue weighted by Crippen LogP contribution is 1.82. The van der Waals surface area contributed by atoms with Crippen molar-refractivity contribution in [2.75, 3.05) is 0 Å². The van der Waals surface area contributed by atoms with Gasteiger partial charge in [0.15, 0.2) is 0 Å². The van der Waals surface area contributed by atoms with Crippen LogP contribution in [-0.2, 0) is 4.79 Å². The Bertz CT molecular complexity index is 49.5. The van der Waals surface area contributed by atoms with Gasteiger partial charge in [-0.3, -0.25) is 4.79 Å². The quantitative estimate of drug-likeness (QED) is 0.509. The first-order valence-corrected chi connectivity index (χ1v) is 1.99. The summed E-state index contributed by atoms with van der Waals surface area (Å²) in [4.78, 5) is 9.60. The van der Waals surface area contributed by atoms with Crippen molar-refractivity contribution in [3.05, 3.63) is 0 Å². The monoisotopic (exact) mass is 89.1 g/mol. The van der Waals surface area contributed by atoms with Gasteiger partial charge in [-0.05, 0) is 6.42 Å². The second kappa shape index (κ2) is 2.69. The molecule has 0 saturated heterocycles. The van der Waals surface area contributed by atoms with Crippen LogP contribution in [0.3, 0.4) is 0 Å². The van der Waals surface area contributed by atoms with Crippen molar-refractivity contribution in [3.63, 3.8) is 0 Å². The van der Waals surface area contributed by atoms with E-state index in [1.54, 1.807) is 0 Å². The average Bonchev–Trinajstić information content (AvgIpc) is 1.35. The van der Waals surface area contributed by atoms with Crippen molar-refractivity contribution in [3.8, 4) is 0 Å². The molecule has 0 saturated carbocycles. The smallest absolute Gasteiger partial charge is 0.303 e. The fourth-order valence-corrected chi connectivity index (χ4v) is 0.214. The van der Waals surface area contributed by atoms with Gasteiger partial charge in [-0.25, -0.2) is 0 Å². The summed E-state index contributed by atoms with van der Waals surface area (Å²) in [5.41, 5.74) is 0. The van der Waals surface area contributed by atoms with Crippen LogP contribution in [0.25, 0.3) is 0 Å². The van der Waals surface area contributed by atoms with Gasteiger partial charge in [-0.15, -0.1) is 0 Å². The van der Waals surface area contributed by atoms with E-state index in [0.717, 1.165) is 6.42 Å². The molecule has 6 heavy (non-hydrogen) atoms. The molecule has 0 amide bonds. The van der Waals surface area contributed by atoms with Crippen LogP contribution in [0.5, 0.6) is 0 Å². The van der Waals surface area contributed by atoms with Crippen molar-refractivity contribution >= 4 is 5.97 Å². The maximum absolute atomic E-state index is 9.60. The Hall–Kier alpha value is -0.530. The predicted octanol–water partition coefficient (Wildman–Crippen LogP) is 0.871. The summed E-state index contributed by atoms with van der Waals surface area (Å²) in [6.07, 6.45) is 1.02. The van der Waals surface area contributed by atoms with E-state index in [4.69, 9.17) is 5.11 Å². The zero-order valence-electron chi connectivity index (χ0n) is 3.77. The molecule has 0 atom stereocenters. The second-order valence-corrected chi connectivity index (χ2v) is 1.14. The first-order valence-electron chi connectivity index (χ1n) is 1.99. The molecule has 0 aliphatic rings. The topological polar surface area (TPSA) is 37.3 Å². The van der Waals surface area contributed by atoms with E-state index < -0.39 is 5.97 Å². The lowest BCUT2D eigenvalue weighted by molar-refractivity contribution is -0.137. The molecule has 0 unspecified atom stereocenters. The van der Waals surface area contributed by atoms with Crippen molar-refractivity contribution < 1.29 is 9.90 Å². The molecule has 36 valence electrons. The van der Waals surface area contributed by atoms with Gasteiger partial charge in [0.25, 0.3) is 0 Å². The highest BCUT2D eigenvalue weighted by Gasteiger charge is 1.87. The molecule has 0 aliphatic carbocycles. The largest absolute Gasteiger partial charge is 0.481 e. The zero-order chi connectivity index (χ0) is 4.99. The minimum absolute atomic E-state index is 0.292. The molecule has 0 spiro atoms. The summed E-state index contributed by atoms with van der Waals surface area (Å²) in [5.74, 6) is -0.711. The molecular formula is C4H8O2. The number of carboxylic acids is 1. The van der Waals surface area contributed by atoms with Crippen LogP contribution in [-0.4, -0.2) is 11.1 Å². The van der Waals surface area contributed by atoms with Crippen molar-refractivity contribution in [1.29, 1.82) is 0 Å². The van der Waals surface area contributed by atoms with E-state index in [1.807, 2.05) is 6.92 Å². The Morgan fingerprint density at radius 1 is 1.83 bits per heavy atom. The van der Waals surface area contributed by atoms with Crippen molar-refractivity contribution in [1.82, 2.24) is 0 Å². The Morgan fingerprint density at radius 3 is 2.33 bits per heavy atom. The highest BCUT2D eigenvalue weighted by atomic mass is 16.5.